The van der Waals surface area contributed by atoms with Crippen LogP contribution in [0.2, 0.25) is 0 Å². The second kappa shape index (κ2) is 8.04. The monoisotopic (exact) mass is 403 g/mol. The van der Waals surface area contributed by atoms with Gasteiger partial charge in [-0.2, -0.15) is 13.2 Å². The minimum atomic E-state index is -4.67. The van der Waals surface area contributed by atoms with Gasteiger partial charge in [-0.15, -0.1) is 5.06 Å². The van der Waals surface area contributed by atoms with Crippen molar-refractivity contribution in [3.8, 4) is 0 Å². The van der Waals surface area contributed by atoms with E-state index in [-0.39, 0.29) is 11.5 Å². The van der Waals surface area contributed by atoms with E-state index < -0.39 is 33.8 Å². The maximum atomic E-state index is 13.1. The summed E-state index contributed by atoms with van der Waals surface area (Å²) in [6, 6.07) is 2.21. The van der Waals surface area contributed by atoms with Gasteiger partial charge in [0, 0.05) is 44.4 Å². The van der Waals surface area contributed by atoms with E-state index in [2.05, 4.69) is 0 Å². The quantitative estimate of drug-likeness (QED) is 0.562. The second-order valence-electron chi connectivity index (χ2n) is 7.84. The van der Waals surface area contributed by atoms with E-state index in [9.17, 15) is 28.1 Å². The number of hydrogen-bond donors (Lipinski definition) is 0. The summed E-state index contributed by atoms with van der Waals surface area (Å²) >= 11 is 0. The predicted molar refractivity (Wildman–Crippen MR) is 95.2 cm³/mol. The summed E-state index contributed by atoms with van der Waals surface area (Å²) in [6.07, 6.45) is -4.67. The summed E-state index contributed by atoms with van der Waals surface area (Å²) in [5.41, 5.74) is -2.04. The fraction of sp³-hybridized carbons (Fsp3) is 0.611. The smallest absolute Gasteiger partial charge is 0.367 e. The summed E-state index contributed by atoms with van der Waals surface area (Å²) in [7, 11) is 0. The molecule has 0 radical (unpaired) electrons. The number of rotatable bonds is 4. The van der Waals surface area contributed by atoms with Crippen LogP contribution in [-0.4, -0.2) is 47.0 Å². The van der Waals surface area contributed by atoms with E-state index in [1.807, 2.05) is 4.90 Å². The summed E-state index contributed by atoms with van der Waals surface area (Å²) < 4.78 is 39.3. The van der Waals surface area contributed by atoms with E-state index in [4.69, 9.17) is 4.84 Å². The van der Waals surface area contributed by atoms with Gasteiger partial charge in [-0.05, 0) is 39.3 Å². The van der Waals surface area contributed by atoms with Crippen LogP contribution >= 0.6 is 0 Å². The zero-order chi connectivity index (χ0) is 21.3. The molecular weight excluding hydrogens is 379 g/mol. The van der Waals surface area contributed by atoms with Crippen molar-refractivity contribution < 1.29 is 27.7 Å². The van der Waals surface area contributed by atoms with Crippen LogP contribution in [0.25, 0.3) is 0 Å². The number of non-ortho nitro benzene ring substituents is 1. The summed E-state index contributed by atoms with van der Waals surface area (Å²) in [4.78, 5) is 29.4. The minimum absolute atomic E-state index is 0.224. The van der Waals surface area contributed by atoms with E-state index in [1.165, 1.54) is 11.1 Å². The van der Waals surface area contributed by atoms with Crippen LogP contribution in [0.5, 0.6) is 0 Å². The molecule has 1 aliphatic heterocycles. The molecule has 0 aliphatic carbocycles. The molecule has 1 fully saturated rings. The lowest BCUT2D eigenvalue weighted by Gasteiger charge is -2.37. The van der Waals surface area contributed by atoms with Crippen LogP contribution < -0.4 is 0 Å². The molecule has 0 bridgehead atoms. The Balaban J connectivity index is 2.11. The van der Waals surface area contributed by atoms with Gasteiger partial charge in [0.1, 0.15) is 0 Å². The molecule has 1 saturated heterocycles. The van der Waals surface area contributed by atoms with Crippen molar-refractivity contribution in [3.05, 3.63) is 39.4 Å². The average Bonchev–Trinajstić information content (AvgIpc) is 2.59. The third-order valence-corrected chi connectivity index (χ3v) is 4.61. The first-order valence-corrected chi connectivity index (χ1v) is 8.87. The van der Waals surface area contributed by atoms with Crippen LogP contribution in [0.4, 0.5) is 18.9 Å². The molecule has 1 unspecified atom stereocenters. The Hall–Kier alpha value is -2.20. The van der Waals surface area contributed by atoms with Crippen molar-refractivity contribution in [3.63, 3.8) is 0 Å². The van der Waals surface area contributed by atoms with Gasteiger partial charge in [0.15, 0.2) is 0 Å². The molecule has 0 saturated carbocycles. The van der Waals surface area contributed by atoms with Gasteiger partial charge in [-0.3, -0.25) is 15.0 Å². The van der Waals surface area contributed by atoms with E-state index in [1.54, 1.807) is 27.7 Å². The highest BCUT2D eigenvalue weighted by Crippen LogP contribution is 2.35. The molecule has 0 spiro atoms. The Labute approximate surface area is 161 Å². The van der Waals surface area contributed by atoms with E-state index in [0.717, 1.165) is 6.07 Å². The number of piperazine rings is 1. The standard InChI is InChI=1S/C18H24F3N3O4/c1-12(13-9-14(18(19,20)21)11-15(10-13)24(26)27)22-5-7-23(8-6-22)28-16(25)17(2,3)4/h9-12H,5-8H2,1-4H3. The molecule has 10 heteroatoms. The van der Waals surface area contributed by atoms with Crippen LogP contribution in [0.15, 0.2) is 18.2 Å². The molecule has 1 heterocycles. The molecule has 0 N–H and O–H groups in total. The third-order valence-electron chi connectivity index (χ3n) is 4.61. The molecule has 0 aromatic heterocycles. The van der Waals surface area contributed by atoms with Crippen LogP contribution in [0.3, 0.4) is 0 Å². The maximum Gasteiger partial charge on any atom is 0.416 e. The lowest BCUT2D eigenvalue weighted by molar-refractivity contribution is -0.385. The Morgan fingerprint density at radius 1 is 1.14 bits per heavy atom. The van der Waals surface area contributed by atoms with Gasteiger partial charge < -0.3 is 4.84 Å². The number of nitrogens with zero attached hydrogens (tertiary/aromatic N) is 3. The van der Waals surface area contributed by atoms with Gasteiger partial charge in [-0.25, -0.2) is 4.79 Å². The number of hydrogen-bond acceptors (Lipinski definition) is 6. The maximum absolute atomic E-state index is 13.1. The molecular formula is C18H24F3N3O4. The molecule has 2 rings (SSSR count). The van der Waals surface area contributed by atoms with E-state index >= 15 is 0 Å². The lowest BCUT2D eigenvalue weighted by atomic mass is 9.98. The van der Waals surface area contributed by atoms with Crippen molar-refractivity contribution in [2.24, 2.45) is 5.41 Å². The highest BCUT2D eigenvalue weighted by molar-refractivity contribution is 5.75. The fourth-order valence-electron chi connectivity index (χ4n) is 2.79. The van der Waals surface area contributed by atoms with Crippen molar-refractivity contribution in [2.45, 2.75) is 39.9 Å². The normalized spacial score (nSPS) is 18.0. The molecule has 1 aromatic rings. The molecule has 1 atom stereocenters. The summed E-state index contributed by atoms with van der Waals surface area (Å²) in [5.74, 6) is -0.359. The highest BCUT2D eigenvalue weighted by Gasteiger charge is 2.34. The van der Waals surface area contributed by atoms with Crippen molar-refractivity contribution in [2.75, 3.05) is 26.2 Å². The number of nitro groups is 1. The number of carbonyl (C=O) groups is 1. The van der Waals surface area contributed by atoms with Gasteiger partial charge >= 0.3 is 12.1 Å². The SMILES string of the molecule is CC(c1cc([N+](=O)[O-])cc(C(F)(F)F)c1)N1CCN(OC(=O)C(C)(C)C)CC1. The number of hydroxylamine groups is 2. The van der Waals surface area contributed by atoms with Crippen molar-refractivity contribution in [1.29, 1.82) is 0 Å². The van der Waals surface area contributed by atoms with Crippen LogP contribution in [-0.2, 0) is 15.8 Å². The largest absolute Gasteiger partial charge is 0.416 e. The number of alkyl halides is 3. The number of carbonyl (C=O) groups excluding carboxylic acids is 1. The Kier molecular flexibility index (Phi) is 6.34. The van der Waals surface area contributed by atoms with Crippen LogP contribution in [0.1, 0.15) is 44.9 Å². The molecule has 28 heavy (non-hydrogen) atoms. The number of nitro benzene ring substituents is 1. The zero-order valence-corrected chi connectivity index (χ0v) is 16.2. The molecule has 7 nitrogen and oxygen atoms in total. The summed E-state index contributed by atoms with van der Waals surface area (Å²) in [6.45, 7) is 8.62. The van der Waals surface area contributed by atoms with Gasteiger partial charge in [0.25, 0.3) is 5.69 Å². The number of halogens is 3. The van der Waals surface area contributed by atoms with Crippen LogP contribution in [0, 0.1) is 15.5 Å². The Morgan fingerprint density at radius 3 is 2.18 bits per heavy atom. The van der Waals surface area contributed by atoms with Gasteiger partial charge in [0.2, 0.25) is 0 Å². The fourth-order valence-corrected chi connectivity index (χ4v) is 2.79. The third kappa shape index (κ3) is 5.41. The Bertz CT molecular complexity index is 739. The predicted octanol–water partition coefficient (Wildman–Crippen LogP) is 3.80. The first-order chi connectivity index (χ1) is 12.8. The lowest BCUT2D eigenvalue weighted by Crippen LogP contribution is -2.48. The van der Waals surface area contributed by atoms with Crippen molar-refractivity contribution in [1.82, 2.24) is 9.96 Å². The Morgan fingerprint density at radius 2 is 1.71 bits per heavy atom. The average molecular weight is 403 g/mol. The molecule has 0 amide bonds. The highest BCUT2D eigenvalue weighted by atomic mass is 19.4. The van der Waals surface area contributed by atoms with Gasteiger partial charge in [0.05, 0.1) is 15.9 Å². The molecule has 1 aliphatic rings. The zero-order valence-electron chi connectivity index (χ0n) is 16.2. The molecule has 1 aromatic carbocycles. The minimum Gasteiger partial charge on any atom is -0.367 e. The van der Waals surface area contributed by atoms with E-state index in [0.29, 0.717) is 32.2 Å². The first kappa shape index (κ1) is 22.1. The summed E-state index contributed by atoms with van der Waals surface area (Å²) in [5, 5.41) is 12.6. The topological polar surface area (TPSA) is 75.9 Å². The first-order valence-electron chi connectivity index (χ1n) is 8.87. The molecule has 156 valence electrons. The number of benzene rings is 1. The second-order valence-corrected chi connectivity index (χ2v) is 7.84. The van der Waals surface area contributed by atoms with Crippen molar-refractivity contribution >= 4 is 11.7 Å². The van der Waals surface area contributed by atoms with Gasteiger partial charge in [-0.1, -0.05) is 0 Å².